The number of benzene rings is 1. The number of rotatable bonds is 7. The average Bonchev–Trinajstić information content (AvgIpc) is 3.58. The second kappa shape index (κ2) is 11.8. The number of fused-ring (bicyclic) bond motifs is 1. The zero-order valence-electron chi connectivity index (χ0n) is 24.3. The first-order valence-corrected chi connectivity index (χ1v) is 15.6. The van der Waals surface area contributed by atoms with E-state index in [0.29, 0.717) is 34.1 Å². The fourth-order valence-electron chi connectivity index (χ4n) is 4.29. The molecule has 1 aliphatic rings. The van der Waals surface area contributed by atoms with E-state index in [1.54, 1.807) is 66.2 Å². The van der Waals surface area contributed by atoms with Gasteiger partial charge in [0.1, 0.15) is 0 Å². The second-order valence-electron chi connectivity index (χ2n) is 12.0. The number of halogens is 1. The van der Waals surface area contributed by atoms with Crippen molar-refractivity contribution in [2.75, 3.05) is 10.6 Å². The Morgan fingerprint density at radius 1 is 0.951 bits per heavy atom. The van der Waals surface area contributed by atoms with Crippen molar-refractivity contribution in [3.05, 3.63) is 42.4 Å². The van der Waals surface area contributed by atoms with Crippen LogP contribution in [0.3, 0.4) is 0 Å². The van der Waals surface area contributed by atoms with Crippen LogP contribution in [0.25, 0.3) is 21.9 Å². The third-order valence-corrected chi connectivity index (χ3v) is 8.54. The van der Waals surface area contributed by atoms with Crippen LogP contribution in [0, 0.1) is 5.92 Å². The Bertz CT molecular complexity index is 1500. The molecule has 0 spiro atoms. The fraction of sp³-hybridized carbons (Fsp3) is 0.433. The van der Waals surface area contributed by atoms with Gasteiger partial charge in [-0.1, -0.05) is 0 Å². The van der Waals surface area contributed by atoms with Gasteiger partial charge in [0.15, 0.2) is 0 Å². The van der Waals surface area contributed by atoms with Crippen molar-refractivity contribution in [2.45, 2.75) is 78.7 Å². The number of nitrogens with zero attached hydrogens (tertiary/aromatic N) is 2. The normalized spacial score (nSPS) is 17.0. The molecule has 1 fully saturated rings. The van der Waals surface area contributed by atoms with Crippen molar-refractivity contribution in [2.24, 2.45) is 5.92 Å². The van der Waals surface area contributed by atoms with Crippen LogP contribution in [0.1, 0.15) is 60.5 Å². The summed E-state index contributed by atoms with van der Waals surface area (Å²) in [5, 5.41) is 7.04. The first-order valence-electron chi connectivity index (χ1n) is 13.5. The van der Waals surface area contributed by atoms with Crippen molar-refractivity contribution in [3.63, 3.8) is 0 Å². The van der Waals surface area contributed by atoms with Gasteiger partial charge in [-0.3, -0.25) is 0 Å². The molecule has 0 saturated heterocycles. The Kier molecular flexibility index (Phi) is 8.73. The SMILES string of the molecule is CCc1c(NC(=O)OC(C)(C)C)cncc1-c1cc(NC(=O)OC(C)(C)C)c2cnc([AsH]C(=O)C3CC3F)cc2c1. The predicted octanol–water partition coefficient (Wildman–Crippen LogP) is 5.50. The van der Waals surface area contributed by atoms with Crippen LogP contribution in [-0.2, 0) is 20.7 Å². The van der Waals surface area contributed by atoms with Gasteiger partial charge in [-0.2, -0.15) is 0 Å². The molecule has 2 N–H and O–H groups in total. The van der Waals surface area contributed by atoms with Crippen LogP contribution in [0.5, 0.6) is 0 Å². The predicted molar refractivity (Wildman–Crippen MR) is 159 cm³/mol. The van der Waals surface area contributed by atoms with Gasteiger partial charge >= 0.3 is 225 Å². The van der Waals surface area contributed by atoms with Crippen molar-refractivity contribution >= 4 is 59.1 Å². The zero-order valence-corrected chi connectivity index (χ0v) is 26.4. The molecule has 0 radical (unpaired) electrons. The third-order valence-electron chi connectivity index (χ3n) is 6.13. The molecule has 0 bridgehead atoms. The summed E-state index contributed by atoms with van der Waals surface area (Å²) in [5.74, 6) is -0.498. The summed E-state index contributed by atoms with van der Waals surface area (Å²) in [6.07, 6.45) is 3.51. The molecular weight excluding hydrogens is 590 g/mol. The number of hydrogen-bond donors (Lipinski definition) is 2. The Labute approximate surface area is 245 Å². The quantitative estimate of drug-likeness (QED) is 0.333. The number of aromatic nitrogens is 2. The monoisotopic (exact) mass is 626 g/mol. The molecule has 2 aromatic heterocycles. The van der Waals surface area contributed by atoms with Gasteiger partial charge in [0, 0.05) is 0 Å². The van der Waals surface area contributed by atoms with E-state index in [1.807, 2.05) is 19.1 Å². The van der Waals surface area contributed by atoms with Gasteiger partial charge in [0.25, 0.3) is 0 Å². The molecular formula is C30H36AsFN4O5. The van der Waals surface area contributed by atoms with Gasteiger partial charge in [-0.25, -0.2) is 0 Å². The maximum atomic E-state index is 13.5. The van der Waals surface area contributed by atoms with E-state index in [0.717, 1.165) is 22.1 Å². The van der Waals surface area contributed by atoms with E-state index in [9.17, 15) is 18.8 Å². The second-order valence-corrected chi connectivity index (χ2v) is 14.6. The molecule has 4 rings (SSSR count). The number of carbonyl (C=O) groups excluding carboxylic acids is 3. The molecule has 11 heteroatoms. The molecule has 1 aliphatic carbocycles. The van der Waals surface area contributed by atoms with E-state index in [-0.39, 0.29) is 4.57 Å². The van der Waals surface area contributed by atoms with Crippen molar-refractivity contribution in [1.82, 2.24) is 9.97 Å². The van der Waals surface area contributed by atoms with E-state index in [2.05, 4.69) is 20.6 Å². The summed E-state index contributed by atoms with van der Waals surface area (Å²) >= 11 is -1.30. The first kappa shape index (κ1) is 30.4. The fourth-order valence-corrected chi connectivity index (χ4v) is 6.59. The number of alkyl halides is 1. The molecule has 9 nitrogen and oxygen atoms in total. The van der Waals surface area contributed by atoms with Crippen molar-refractivity contribution < 1.29 is 28.2 Å². The zero-order chi connectivity index (χ0) is 30.1. The van der Waals surface area contributed by atoms with Crippen LogP contribution < -0.4 is 15.1 Å². The molecule has 3 atom stereocenters. The van der Waals surface area contributed by atoms with Crippen molar-refractivity contribution in [3.8, 4) is 11.1 Å². The standard InChI is InChI=1S/C30H36AsFN4O5/c1-8-18-20(13-33-15-24(18)36-28(39)41-30(5,6)7)16-9-17-11-25(31-26(37)19-12-22(19)32)34-14-21(17)23(10-16)35-27(38)40-29(2,3)4/h9-11,13-15,19,22,31H,8,12H2,1-7H3,(H,35,38)(H,36,39). The van der Waals surface area contributed by atoms with Gasteiger partial charge in [0.05, 0.1) is 0 Å². The summed E-state index contributed by atoms with van der Waals surface area (Å²) in [5.41, 5.74) is 1.92. The Balaban J connectivity index is 1.77. The number of anilines is 2. The number of hydrogen-bond acceptors (Lipinski definition) is 7. The Hall–Kier alpha value is -3.52. The number of carbonyl (C=O) groups is 3. The molecule has 3 aromatic rings. The first-order chi connectivity index (χ1) is 19.1. The van der Waals surface area contributed by atoms with Crippen LogP contribution >= 0.6 is 0 Å². The molecule has 3 unspecified atom stereocenters. The van der Waals surface area contributed by atoms with Crippen LogP contribution in [-0.4, -0.2) is 59.9 Å². The van der Waals surface area contributed by atoms with Gasteiger partial charge in [-0.15, -0.1) is 0 Å². The van der Waals surface area contributed by atoms with E-state index < -0.39 is 51.2 Å². The van der Waals surface area contributed by atoms with Crippen LogP contribution in [0.4, 0.5) is 25.4 Å². The van der Waals surface area contributed by atoms with Gasteiger partial charge in [0.2, 0.25) is 0 Å². The van der Waals surface area contributed by atoms with E-state index in [1.165, 1.54) is 0 Å². The van der Waals surface area contributed by atoms with Gasteiger partial charge in [-0.05, 0) is 20.8 Å². The minimum absolute atomic E-state index is 0.0500. The van der Waals surface area contributed by atoms with Crippen molar-refractivity contribution in [1.29, 1.82) is 0 Å². The van der Waals surface area contributed by atoms with Crippen LogP contribution in [0.15, 0.2) is 36.8 Å². The molecule has 2 heterocycles. The third kappa shape index (κ3) is 8.03. The summed E-state index contributed by atoms with van der Waals surface area (Å²) in [6.45, 7) is 12.7. The molecule has 1 saturated carbocycles. The molecule has 1 aromatic carbocycles. The Morgan fingerprint density at radius 3 is 2.12 bits per heavy atom. The molecule has 41 heavy (non-hydrogen) atoms. The number of nitrogens with one attached hydrogen (secondary N) is 2. The summed E-state index contributed by atoms with van der Waals surface area (Å²) in [7, 11) is 0. The van der Waals surface area contributed by atoms with Crippen LogP contribution in [0.2, 0.25) is 0 Å². The summed E-state index contributed by atoms with van der Waals surface area (Å²) in [4.78, 5) is 46.6. The van der Waals surface area contributed by atoms with E-state index in [4.69, 9.17) is 9.47 Å². The minimum atomic E-state index is -1.30. The maximum absolute atomic E-state index is 13.5. The topological polar surface area (TPSA) is 120 Å². The Morgan fingerprint density at radius 2 is 1.56 bits per heavy atom. The number of amides is 2. The molecule has 2 amide bonds. The van der Waals surface area contributed by atoms with Gasteiger partial charge < -0.3 is 0 Å². The van der Waals surface area contributed by atoms with E-state index >= 15 is 0 Å². The number of ether oxygens (including phenoxy) is 2. The average molecular weight is 627 g/mol. The number of pyridine rings is 2. The summed E-state index contributed by atoms with van der Waals surface area (Å²) in [6, 6.07) is 5.56. The summed E-state index contributed by atoms with van der Waals surface area (Å²) < 4.78 is 25.0. The molecule has 0 aliphatic heterocycles. The molecule has 218 valence electrons.